The summed E-state index contributed by atoms with van der Waals surface area (Å²) in [5, 5.41) is 9.35. The van der Waals surface area contributed by atoms with E-state index in [-0.39, 0.29) is 5.25 Å². The van der Waals surface area contributed by atoms with Gasteiger partial charge in [0.15, 0.2) is 5.16 Å². The summed E-state index contributed by atoms with van der Waals surface area (Å²) in [6, 6.07) is 14.6. The van der Waals surface area contributed by atoms with Crippen molar-refractivity contribution < 1.29 is 4.42 Å². The second kappa shape index (κ2) is 7.64. The highest BCUT2D eigenvalue weighted by atomic mass is 32.2. The molecule has 2 aromatic heterocycles. The number of rotatable bonds is 5. The fraction of sp³-hybridized carbons (Fsp3) is 0.227. The summed E-state index contributed by atoms with van der Waals surface area (Å²) in [6.45, 7) is 8.32. The summed E-state index contributed by atoms with van der Waals surface area (Å²) in [7, 11) is 0. The second-order valence-electron chi connectivity index (χ2n) is 7.00. The minimum absolute atomic E-state index is 0.0150. The van der Waals surface area contributed by atoms with Crippen molar-refractivity contribution in [1.82, 2.24) is 19.7 Å². The van der Waals surface area contributed by atoms with Crippen LogP contribution in [0, 0.1) is 20.8 Å². The van der Waals surface area contributed by atoms with Gasteiger partial charge in [0.1, 0.15) is 0 Å². The molecule has 0 saturated heterocycles. The molecular weight excluding hydrogens is 368 g/mol. The first kappa shape index (κ1) is 18.5. The third-order valence-electron chi connectivity index (χ3n) is 4.46. The lowest BCUT2D eigenvalue weighted by molar-refractivity contribution is 0.509. The van der Waals surface area contributed by atoms with Crippen molar-refractivity contribution in [2.24, 2.45) is 0 Å². The van der Waals surface area contributed by atoms with Gasteiger partial charge in [0.25, 0.3) is 0 Å². The minimum Gasteiger partial charge on any atom is -0.419 e. The van der Waals surface area contributed by atoms with Gasteiger partial charge < -0.3 is 4.42 Å². The minimum atomic E-state index is -0.0150. The topological polar surface area (TPSA) is 56.7 Å². The maximum atomic E-state index is 5.92. The molecule has 0 fully saturated rings. The highest BCUT2D eigenvalue weighted by molar-refractivity contribution is 7.99. The summed E-state index contributed by atoms with van der Waals surface area (Å²) >= 11 is 1.60. The maximum Gasteiger partial charge on any atom is 0.247 e. The Morgan fingerprint density at radius 1 is 0.929 bits per heavy atom. The Morgan fingerprint density at radius 3 is 2.36 bits per heavy atom. The Balaban J connectivity index is 1.56. The Bertz CT molecular complexity index is 1080. The molecule has 0 radical (unpaired) electrons. The number of thioether (sulfide) groups is 1. The van der Waals surface area contributed by atoms with Gasteiger partial charge in [-0.15, -0.1) is 10.2 Å². The van der Waals surface area contributed by atoms with E-state index in [1.54, 1.807) is 11.8 Å². The number of imidazole rings is 1. The summed E-state index contributed by atoms with van der Waals surface area (Å²) in [4.78, 5) is 4.53. The van der Waals surface area contributed by atoms with Crippen LogP contribution >= 0.6 is 11.8 Å². The van der Waals surface area contributed by atoms with Crippen molar-refractivity contribution in [2.75, 3.05) is 0 Å². The molecule has 0 aliphatic heterocycles. The van der Waals surface area contributed by atoms with Crippen molar-refractivity contribution >= 4 is 11.8 Å². The summed E-state index contributed by atoms with van der Waals surface area (Å²) in [6.07, 6.45) is 3.80. The lowest BCUT2D eigenvalue weighted by atomic mass is 10.1. The molecule has 0 amide bonds. The lowest BCUT2D eigenvalue weighted by Gasteiger charge is -2.11. The van der Waals surface area contributed by atoms with Crippen LogP contribution in [0.1, 0.15) is 34.8 Å². The van der Waals surface area contributed by atoms with E-state index in [0.29, 0.717) is 11.8 Å². The highest BCUT2D eigenvalue weighted by Crippen LogP contribution is 2.35. The molecule has 1 atom stereocenters. The van der Waals surface area contributed by atoms with E-state index in [0.717, 1.165) is 16.4 Å². The molecule has 0 aliphatic carbocycles. The molecule has 1 unspecified atom stereocenters. The zero-order valence-corrected chi connectivity index (χ0v) is 17.2. The van der Waals surface area contributed by atoms with Crippen LogP contribution in [0.25, 0.3) is 17.1 Å². The van der Waals surface area contributed by atoms with Crippen LogP contribution in [0.3, 0.4) is 0 Å². The van der Waals surface area contributed by atoms with Gasteiger partial charge in [0.05, 0.1) is 5.25 Å². The number of benzene rings is 2. The van der Waals surface area contributed by atoms with E-state index < -0.39 is 0 Å². The standard InChI is InChI=1S/C22H22N4OS/c1-14-5-7-18(8-6-14)21-25-24-20(27-21)17(4)28-22-23-9-10-26(22)19-12-15(2)11-16(3)13-19/h5-13,17H,1-4H3. The second-order valence-corrected chi connectivity index (χ2v) is 8.31. The molecule has 0 N–H and O–H groups in total. The molecule has 0 spiro atoms. The Kier molecular flexibility index (Phi) is 5.05. The Labute approximate surface area is 168 Å². The normalized spacial score (nSPS) is 12.3. The van der Waals surface area contributed by atoms with Crippen LogP contribution < -0.4 is 0 Å². The van der Waals surface area contributed by atoms with Crippen molar-refractivity contribution in [3.63, 3.8) is 0 Å². The third-order valence-corrected chi connectivity index (χ3v) is 5.53. The molecule has 0 saturated carbocycles. The molecule has 0 aliphatic rings. The molecule has 4 aromatic rings. The summed E-state index contributed by atoms with van der Waals surface area (Å²) < 4.78 is 8.02. The number of aromatic nitrogens is 4. The smallest absolute Gasteiger partial charge is 0.247 e. The van der Waals surface area contributed by atoms with E-state index in [4.69, 9.17) is 4.42 Å². The zero-order chi connectivity index (χ0) is 19.7. The molecule has 0 bridgehead atoms. The predicted molar refractivity (Wildman–Crippen MR) is 112 cm³/mol. The van der Waals surface area contributed by atoms with Crippen LogP contribution in [-0.2, 0) is 0 Å². The van der Waals surface area contributed by atoms with Crippen LogP contribution in [0.2, 0.25) is 0 Å². The maximum absolute atomic E-state index is 5.92. The van der Waals surface area contributed by atoms with Gasteiger partial charge in [0, 0.05) is 23.6 Å². The SMILES string of the molecule is Cc1ccc(-c2nnc(C(C)Sc3nccn3-c3cc(C)cc(C)c3)o2)cc1. The third kappa shape index (κ3) is 3.87. The predicted octanol–water partition coefficient (Wildman–Crippen LogP) is 5.70. The molecular formula is C22H22N4OS. The van der Waals surface area contributed by atoms with Gasteiger partial charge in [-0.1, -0.05) is 35.5 Å². The Morgan fingerprint density at radius 2 is 1.64 bits per heavy atom. The van der Waals surface area contributed by atoms with Crippen molar-refractivity contribution in [3.05, 3.63) is 77.4 Å². The first-order valence-corrected chi connectivity index (χ1v) is 10.1. The zero-order valence-electron chi connectivity index (χ0n) is 16.4. The monoisotopic (exact) mass is 390 g/mol. The fourth-order valence-electron chi connectivity index (χ4n) is 3.08. The van der Waals surface area contributed by atoms with Crippen LogP contribution in [0.5, 0.6) is 0 Å². The number of nitrogens with zero attached hydrogens (tertiary/aromatic N) is 4. The largest absolute Gasteiger partial charge is 0.419 e. The van der Waals surface area contributed by atoms with E-state index in [1.807, 2.05) is 36.7 Å². The highest BCUT2D eigenvalue weighted by Gasteiger charge is 2.19. The Hall–Kier alpha value is -2.86. The van der Waals surface area contributed by atoms with E-state index in [1.165, 1.54) is 16.7 Å². The van der Waals surface area contributed by atoms with Gasteiger partial charge in [-0.2, -0.15) is 0 Å². The van der Waals surface area contributed by atoms with Gasteiger partial charge in [-0.05, 0) is 63.1 Å². The fourth-order valence-corrected chi connectivity index (χ4v) is 4.00. The molecule has 4 rings (SSSR count). The summed E-state index contributed by atoms with van der Waals surface area (Å²) in [5.74, 6) is 1.13. The number of aryl methyl sites for hydroxylation is 3. The van der Waals surface area contributed by atoms with Crippen LogP contribution in [0.15, 0.2) is 64.4 Å². The lowest BCUT2D eigenvalue weighted by Crippen LogP contribution is -1.98. The average Bonchev–Trinajstić information content (AvgIpc) is 3.31. The first-order valence-electron chi connectivity index (χ1n) is 9.19. The molecule has 28 heavy (non-hydrogen) atoms. The molecule has 2 heterocycles. The molecule has 6 heteroatoms. The van der Waals surface area contributed by atoms with Gasteiger partial charge in [-0.25, -0.2) is 4.98 Å². The summed E-state index contributed by atoms with van der Waals surface area (Å²) in [5.41, 5.74) is 5.69. The van der Waals surface area contributed by atoms with Crippen molar-refractivity contribution in [1.29, 1.82) is 0 Å². The van der Waals surface area contributed by atoms with Gasteiger partial charge in [-0.3, -0.25) is 4.57 Å². The number of hydrogen-bond acceptors (Lipinski definition) is 5. The van der Waals surface area contributed by atoms with Crippen LogP contribution in [0.4, 0.5) is 0 Å². The molecule has 2 aromatic carbocycles. The molecule has 5 nitrogen and oxygen atoms in total. The van der Waals surface area contributed by atoms with Gasteiger partial charge >= 0.3 is 0 Å². The van der Waals surface area contributed by atoms with Crippen molar-refractivity contribution in [3.8, 4) is 17.1 Å². The van der Waals surface area contributed by atoms with Crippen LogP contribution in [-0.4, -0.2) is 19.7 Å². The molecule has 142 valence electrons. The number of hydrogen-bond donors (Lipinski definition) is 0. The quantitative estimate of drug-likeness (QED) is 0.409. The van der Waals surface area contributed by atoms with E-state index >= 15 is 0 Å². The van der Waals surface area contributed by atoms with Crippen molar-refractivity contribution in [2.45, 2.75) is 38.1 Å². The first-order chi connectivity index (χ1) is 13.5. The van der Waals surface area contributed by atoms with E-state index in [2.05, 4.69) is 65.6 Å². The average molecular weight is 391 g/mol. The van der Waals surface area contributed by atoms with E-state index in [9.17, 15) is 0 Å². The van der Waals surface area contributed by atoms with Gasteiger partial charge in [0.2, 0.25) is 11.8 Å².